The van der Waals surface area contributed by atoms with Gasteiger partial charge >= 0.3 is 5.97 Å². The van der Waals surface area contributed by atoms with Gasteiger partial charge in [0.25, 0.3) is 0 Å². The maximum atomic E-state index is 12.1. The molecule has 0 bridgehead atoms. The molecule has 0 amide bonds. The van der Waals surface area contributed by atoms with Crippen molar-refractivity contribution in [3.8, 4) is 17.6 Å². The number of rotatable bonds is 6. The van der Waals surface area contributed by atoms with Crippen molar-refractivity contribution in [2.45, 2.75) is 11.8 Å². The number of thioether (sulfide) groups is 1. The van der Waals surface area contributed by atoms with Crippen molar-refractivity contribution >= 4 is 40.9 Å². The van der Waals surface area contributed by atoms with Gasteiger partial charge in [0.05, 0.1) is 34.0 Å². The van der Waals surface area contributed by atoms with E-state index < -0.39 is 5.97 Å². The molecule has 0 heterocycles. The van der Waals surface area contributed by atoms with Crippen LogP contribution in [0.3, 0.4) is 0 Å². The zero-order chi connectivity index (χ0) is 17.5. The van der Waals surface area contributed by atoms with E-state index in [-0.39, 0.29) is 22.3 Å². The summed E-state index contributed by atoms with van der Waals surface area (Å²) in [5.74, 6) is -0.0570. The second-order valence-electron chi connectivity index (χ2n) is 4.52. The molecule has 4 nitrogen and oxygen atoms in total. The topological polar surface area (TPSA) is 59.3 Å². The van der Waals surface area contributed by atoms with E-state index in [1.807, 2.05) is 24.3 Å². The number of esters is 1. The van der Waals surface area contributed by atoms with E-state index in [2.05, 4.69) is 0 Å². The molecule has 0 saturated heterocycles. The van der Waals surface area contributed by atoms with Gasteiger partial charge in [0.1, 0.15) is 0 Å². The lowest BCUT2D eigenvalue weighted by Crippen LogP contribution is -2.12. The average Bonchev–Trinajstić information content (AvgIpc) is 2.57. The minimum absolute atomic E-state index is 0.0611. The lowest BCUT2D eigenvalue weighted by atomic mass is 10.2. The van der Waals surface area contributed by atoms with Crippen LogP contribution < -0.4 is 9.47 Å². The van der Waals surface area contributed by atoms with Crippen LogP contribution in [-0.2, 0) is 4.79 Å². The van der Waals surface area contributed by atoms with Gasteiger partial charge in [0.2, 0.25) is 0 Å². The third kappa shape index (κ3) is 4.81. The molecule has 0 aliphatic rings. The second kappa shape index (κ2) is 8.84. The van der Waals surface area contributed by atoms with Crippen molar-refractivity contribution in [3.63, 3.8) is 0 Å². The van der Waals surface area contributed by atoms with Gasteiger partial charge in [-0.05, 0) is 25.1 Å². The minimum Gasteiger partial charge on any atom is -0.490 e. The SMILES string of the molecule is CCOc1cc(C#N)cc(Cl)c1OC(=O)CSc1ccccc1Cl. The molecule has 124 valence electrons. The highest BCUT2D eigenvalue weighted by Crippen LogP contribution is 2.37. The molecule has 0 aromatic heterocycles. The Morgan fingerprint density at radius 2 is 2.00 bits per heavy atom. The van der Waals surface area contributed by atoms with Gasteiger partial charge in [-0.15, -0.1) is 11.8 Å². The summed E-state index contributed by atoms with van der Waals surface area (Å²) in [5, 5.41) is 9.69. The van der Waals surface area contributed by atoms with Gasteiger partial charge in [0, 0.05) is 11.0 Å². The number of hydrogen-bond donors (Lipinski definition) is 0. The average molecular weight is 382 g/mol. The summed E-state index contributed by atoms with van der Waals surface area (Å²) in [4.78, 5) is 12.9. The molecule has 2 rings (SSSR count). The number of nitrogens with zero attached hydrogens (tertiary/aromatic N) is 1. The van der Waals surface area contributed by atoms with Crippen LogP contribution in [-0.4, -0.2) is 18.3 Å². The van der Waals surface area contributed by atoms with E-state index in [9.17, 15) is 4.79 Å². The summed E-state index contributed by atoms with van der Waals surface area (Å²) >= 11 is 13.4. The Hall–Kier alpha value is -1.87. The zero-order valence-electron chi connectivity index (χ0n) is 12.7. The van der Waals surface area contributed by atoms with Crippen LogP contribution in [0.2, 0.25) is 10.0 Å². The summed E-state index contributed by atoms with van der Waals surface area (Å²) in [6.45, 7) is 2.13. The van der Waals surface area contributed by atoms with Crippen LogP contribution in [0.5, 0.6) is 11.5 Å². The molecule has 0 spiro atoms. The number of halogens is 2. The molecule has 0 unspecified atom stereocenters. The maximum Gasteiger partial charge on any atom is 0.321 e. The molecular weight excluding hydrogens is 369 g/mol. The Morgan fingerprint density at radius 1 is 1.25 bits per heavy atom. The summed E-state index contributed by atoms with van der Waals surface area (Å²) < 4.78 is 10.7. The third-order valence-corrected chi connectivity index (χ3v) is 4.61. The quantitative estimate of drug-likeness (QED) is 0.401. The number of ether oxygens (including phenoxy) is 2. The normalized spacial score (nSPS) is 10.1. The van der Waals surface area contributed by atoms with Crippen molar-refractivity contribution in [3.05, 3.63) is 52.0 Å². The Kier molecular flexibility index (Phi) is 6.80. The molecule has 0 fully saturated rings. The van der Waals surface area contributed by atoms with Crippen molar-refractivity contribution in [1.29, 1.82) is 5.26 Å². The Balaban J connectivity index is 2.11. The van der Waals surface area contributed by atoms with Crippen LogP contribution in [0.4, 0.5) is 0 Å². The summed E-state index contributed by atoms with van der Waals surface area (Å²) in [6.07, 6.45) is 0. The van der Waals surface area contributed by atoms with Gasteiger partial charge in [-0.2, -0.15) is 5.26 Å². The van der Waals surface area contributed by atoms with E-state index >= 15 is 0 Å². The predicted molar refractivity (Wildman–Crippen MR) is 95.1 cm³/mol. The van der Waals surface area contributed by atoms with Crippen LogP contribution in [0.1, 0.15) is 12.5 Å². The van der Waals surface area contributed by atoms with Crippen molar-refractivity contribution in [2.24, 2.45) is 0 Å². The highest BCUT2D eigenvalue weighted by molar-refractivity contribution is 8.00. The van der Waals surface area contributed by atoms with Crippen LogP contribution in [0, 0.1) is 11.3 Å². The fourth-order valence-electron chi connectivity index (χ4n) is 1.84. The van der Waals surface area contributed by atoms with E-state index in [0.29, 0.717) is 17.2 Å². The summed E-state index contributed by atoms with van der Waals surface area (Å²) in [7, 11) is 0. The van der Waals surface area contributed by atoms with Gasteiger partial charge in [-0.3, -0.25) is 4.79 Å². The Labute approximate surface area is 154 Å². The lowest BCUT2D eigenvalue weighted by molar-refractivity contribution is -0.131. The Bertz CT molecular complexity index is 790. The molecule has 0 aliphatic carbocycles. The second-order valence-corrected chi connectivity index (χ2v) is 6.35. The molecule has 7 heteroatoms. The fourth-order valence-corrected chi connectivity index (χ4v) is 3.10. The van der Waals surface area contributed by atoms with Crippen molar-refractivity contribution in [2.75, 3.05) is 12.4 Å². The number of hydrogen-bond acceptors (Lipinski definition) is 5. The van der Waals surface area contributed by atoms with Crippen LogP contribution >= 0.6 is 35.0 Å². The number of benzene rings is 2. The van der Waals surface area contributed by atoms with Gasteiger partial charge in [-0.1, -0.05) is 35.3 Å². The van der Waals surface area contributed by atoms with E-state index in [1.54, 1.807) is 13.0 Å². The highest BCUT2D eigenvalue weighted by atomic mass is 35.5. The predicted octanol–water partition coefficient (Wildman–Crippen LogP) is 4.96. The molecule has 0 N–H and O–H groups in total. The number of nitriles is 1. The van der Waals surface area contributed by atoms with Gasteiger partial charge < -0.3 is 9.47 Å². The third-order valence-electron chi connectivity index (χ3n) is 2.84. The van der Waals surface area contributed by atoms with Crippen molar-refractivity contribution in [1.82, 2.24) is 0 Å². The maximum absolute atomic E-state index is 12.1. The van der Waals surface area contributed by atoms with Gasteiger partial charge in [0.15, 0.2) is 11.5 Å². The standard InChI is InChI=1S/C17H13Cl2NO3S/c1-2-22-14-8-11(9-20)7-13(19)17(14)23-16(21)10-24-15-6-4-3-5-12(15)18/h3-8H,2,10H2,1H3. The monoisotopic (exact) mass is 381 g/mol. The zero-order valence-corrected chi connectivity index (χ0v) is 15.0. The molecule has 0 atom stereocenters. The minimum atomic E-state index is -0.493. The first-order chi connectivity index (χ1) is 11.5. The first kappa shape index (κ1) is 18.5. The Morgan fingerprint density at radius 3 is 2.67 bits per heavy atom. The molecule has 0 radical (unpaired) electrons. The first-order valence-corrected chi connectivity index (χ1v) is 8.73. The summed E-state index contributed by atoms with van der Waals surface area (Å²) in [6, 6.07) is 12.1. The largest absolute Gasteiger partial charge is 0.490 e. The van der Waals surface area contributed by atoms with E-state index in [1.165, 1.54) is 23.9 Å². The molecule has 2 aromatic rings. The molecule has 0 aliphatic heterocycles. The number of carbonyl (C=O) groups is 1. The summed E-state index contributed by atoms with van der Waals surface area (Å²) in [5.41, 5.74) is 0.327. The fraction of sp³-hybridized carbons (Fsp3) is 0.176. The molecular formula is C17H13Cl2NO3S. The number of carbonyl (C=O) groups excluding carboxylic acids is 1. The smallest absolute Gasteiger partial charge is 0.321 e. The van der Waals surface area contributed by atoms with Crippen LogP contribution in [0.15, 0.2) is 41.3 Å². The highest BCUT2D eigenvalue weighted by Gasteiger charge is 2.17. The lowest BCUT2D eigenvalue weighted by Gasteiger charge is -2.12. The first-order valence-electron chi connectivity index (χ1n) is 6.99. The van der Waals surface area contributed by atoms with E-state index in [4.69, 9.17) is 37.9 Å². The van der Waals surface area contributed by atoms with Gasteiger partial charge in [-0.25, -0.2) is 0 Å². The van der Waals surface area contributed by atoms with E-state index in [0.717, 1.165) is 4.90 Å². The van der Waals surface area contributed by atoms with Crippen LogP contribution in [0.25, 0.3) is 0 Å². The molecule has 0 saturated carbocycles. The molecule has 2 aromatic carbocycles. The molecule has 24 heavy (non-hydrogen) atoms. The van der Waals surface area contributed by atoms with Crippen molar-refractivity contribution < 1.29 is 14.3 Å².